The summed E-state index contributed by atoms with van der Waals surface area (Å²) in [7, 11) is -1.90. The number of hydrogen-bond donors (Lipinski definition) is 1. The van der Waals surface area contributed by atoms with Crippen molar-refractivity contribution in [3.05, 3.63) is 53.9 Å². The summed E-state index contributed by atoms with van der Waals surface area (Å²) >= 11 is 0. The Balaban J connectivity index is 2.43. The zero-order chi connectivity index (χ0) is 17.0. The molecule has 0 aliphatic rings. The molecular formula is C15H21FN4O2S. The maximum atomic E-state index is 13.2. The lowest BCUT2D eigenvalue weighted by molar-refractivity contribution is 0.428. The number of imidazole rings is 1. The summed E-state index contributed by atoms with van der Waals surface area (Å²) in [5, 5.41) is 0. The Labute approximate surface area is 136 Å². The van der Waals surface area contributed by atoms with Gasteiger partial charge < -0.3 is 4.57 Å². The van der Waals surface area contributed by atoms with E-state index in [0.29, 0.717) is 24.5 Å². The van der Waals surface area contributed by atoms with Crippen LogP contribution in [0.5, 0.6) is 0 Å². The molecule has 0 saturated carbocycles. The molecule has 1 atom stereocenters. The molecule has 0 aliphatic carbocycles. The van der Waals surface area contributed by atoms with E-state index in [0.717, 1.165) is 0 Å². The zero-order valence-corrected chi connectivity index (χ0v) is 14.2. The van der Waals surface area contributed by atoms with Crippen LogP contribution in [0.15, 0.2) is 36.7 Å². The van der Waals surface area contributed by atoms with Gasteiger partial charge in [0, 0.05) is 32.5 Å². The highest BCUT2D eigenvalue weighted by Gasteiger charge is 2.27. The van der Waals surface area contributed by atoms with Gasteiger partial charge in [0.25, 0.3) is 10.2 Å². The van der Waals surface area contributed by atoms with Crippen LogP contribution >= 0.6 is 0 Å². The van der Waals surface area contributed by atoms with Crippen LogP contribution in [-0.2, 0) is 17.3 Å². The first-order chi connectivity index (χ1) is 10.9. The van der Waals surface area contributed by atoms with Crippen molar-refractivity contribution in [3.8, 4) is 0 Å². The minimum atomic E-state index is -3.69. The molecule has 1 N–H and O–H groups in total. The number of aryl methyl sites for hydroxylation is 1. The van der Waals surface area contributed by atoms with Gasteiger partial charge in [0.05, 0.1) is 0 Å². The lowest BCUT2D eigenvalue weighted by atomic mass is 10.1. The smallest absolute Gasteiger partial charge is 0.280 e. The van der Waals surface area contributed by atoms with E-state index in [1.807, 2.05) is 0 Å². The van der Waals surface area contributed by atoms with E-state index in [1.54, 1.807) is 50.0 Å². The van der Waals surface area contributed by atoms with Crippen molar-refractivity contribution in [3.63, 3.8) is 0 Å². The molecule has 1 aromatic carbocycles. The van der Waals surface area contributed by atoms with Gasteiger partial charge in [-0.3, -0.25) is 0 Å². The number of nitrogens with one attached hydrogen (secondary N) is 1. The van der Waals surface area contributed by atoms with E-state index in [-0.39, 0.29) is 5.82 Å². The Hall–Kier alpha value is -1.77. The minimum Gasteiger partial charge on any atom is -0.336 e. The molecule has 0 amide bonds. The Morgan fingerprint density at radius 1 is 1.26 bits per heavy atom. The second kappa shape index (κ2) is 7.20. The first kappa shape index (κ1) is 17.6. The first-order valence-corrected chi connectivity index (χ1v) is 8.83. The van der Waals surface area contributed by atoms with E-state index < -0.39 is 16.3 Å². The largest absolute Gasteiger partial charge is 0.336 e. The van der Waals surface area contributed by atoms with Gasteiger partial charge in [-0.1, -0.05) is 26.0 Å². The van der Waals surface area contributed by atoms with Crippen LogP contribution in [0.2, 0.25) is 0 Å². The summed E-state index contributed by atoms with van der Waals surface area (Å²) in [6, 6.07) is 5.02. The highest BCUT2D eigenvalue weighted by molar-refractivity contribution is 7.87. The summed E-state index contributed by atoms with van der Waals surface area (Å²) in [5.41, 5.74) is 0.622. The first-order valence-electron chi connectivity index (χ1n) is 7.39. The van der Waals surface area contributed by atoms with E-state index >= 15 is 0 Å². The molecule has 1 unspecified atom stereocenters. The van der Waals surface area contributed by atoms with Gasteiger partial charge in [-0.25, -0.2) is 9.37 Å². The van der Waals surface area contributed by atoms with Crippen molar-refractivity contribution >= 4 is 10.2 Å². The molecule has 0 radical (unpaired) electrons. The minimum absolute atomic E-state index is 0.364. The van der Waals surface area contributed by atoms with Crippen LogP contribution in [0.3, 0.4) is 0 Å². The Morgan fingerprint density at radius 2 is 1.87 bits per heavy atom. The molecule has 1 aromatic heterocycles. The maximum Gasteiger partial charge on any atom is 0.280 e. The zero-order valence-electron chi connectivity index (χ0n) is 13.4. The predicted octanol–water partition coefficient (Wildman–Crippen LogP) is 1.82. The molecule has 0 fully saturated rings. The second-order valence-corrected chi connectivity index (χ2v) is 6.79. The Morgan fingerprint density at radius 3 is 2.35 bits per heavy atom. The van der Waals surface area contributed by atoms with Gasteiger partial charge in [-0.15, -0.1) is 0 Å². The summed E-state index contributed by atoms with van der Waals surface area (Å²) in [5.74, 6) is 0.159. The molecule has 126 valence electrons. The average molecular weight is 340 g/mol. The number of aromatic nitrogens is 2. The lowest BCUT2D eigenvalue weighted by Gasteiger charge is -2.24. The van der Waals surface area contributed by atoms with Gasteiger partial charge in [0.2, 0.25) is 0 Å². The summed E-state index contributed by atoms with van der Waals surface area (Å²) in [4.78, 5) is 4.23. The van der Waals surface area contributed by atoms with Crippen LogP contribution in [-0.4, -0.2) is 35.4 Å². The van der Waals surface area contributed by atoms with Gasteiger partial charge in [-0.2, -0.15) is 17.4 Å². The van der Waals surface area contributed by atoms with E-state index in [2.05, 4.69) is 9.71 Å². The van der Waals surface area contributed by atoms with Crippen molar-refractivity contribution in [2.24, 2.45) is 7.05 Å². The quantitative estimate of drug-likeness (QED) is 0.836. The van der Waals surface area contributed by atoms with Gasteiger partial charge in [-0.05, 0) is 17.7 Å². The summed E-state index contributed by atoms with van der Waals surface area (Å²) in [6.07, 6.45) is 3.33. The molecule has 2 rings (SSSR count). The molecule has 0 bridgehead atoms. The second-order valence-electron chi connectivity index (χ2n) is 5.09. The van der Waals surface area contributed by atoms with Gasteiger partial charge >= 0.3 is 0 Å². The standard InChI is InChI=1S/C15H21FN4O2S/c1-4-20(5-2)23(21,22)18-14(15-17-10-11-19(15)3)12-6-8-13(16)9-7-12/h6-11,14,18H,4-5H2,1-3H3. The fourth-order valence-electron chi connectivity index (χ4n) is 2.37. The third-order valence-corrected chi connectivity index (χ3v) is 5.36. The molecule has 0 saturated heterocycles. The number of halogens is 1. The third kappa shape index (κ3) is 3.95. The average Bonchev–Trinajstić information content (AvgIpc) is 2.93. The van der Waals surface area contributed by atoms with Crippen LogP contribution in [0.25, 0.3) is 0 Å². The van der Waals surface area contributed by atoms with Crippen LogP contribution < -0.4 is 4.72 Å². The monoisotopic (exact) mass is 340 g/mol. The predicted molar refractivity (Wildman–Crippen MR) is 86.4 cm³/mol. The maximum absolute atomic E-state index is 13.2. The van der Waals surface area contributed by atoms with Gasteiger partial charge in [0.1, 0.15) is 17.7 Å². The van der Waals surface area contributed by atoms with Crippen molar-refractivity contribution in [1.82, 2.24) is 18.6 Å². The molecule has 6 nitrogen and oxygen atoms in total. The lowest BCUT2D eigenvalue weighted by Crippen LogP contribution is -2.43. The molecule has 0 aliphatic heterocycles. The van der Waals surface area contributed by atoms with Crippen LogP contribution in [0, 0.1) is 5.82 Å². The molecule has 2 aromatic rings. The van der Waals surface area contributed by atoms with Crippen LogP contribution in [0.1, 0.15) is 31.3 Å². The van der Waals surface area contributed by atoms with Crippen LogP contribution in [0.4, 0.5) is 4.39 Å². The normalized spacial score (nSPS) is 13.4. The van der Waals surface area contributed by atoms with Gasteiger partial charge in [0.15, 0.2) is 0 Å². The number of benzene rings is 1. The van der Waals surface area contributed by atoms with E-state index in [1.165, 1.54) is 16.4 Å². The SMILES string of the molecule is CCN(CC)S(=O)(=O)NC(c1ccc(F)cc1)c1nccn1C. The van der Waals surface area contributed by atoms with E-state index in [9.17, 15) is 12.8 Å². The highest BCUT2D eigenvalue weighted by Crippen LogP contribution is 2.22. The van der Waals surface area contributed by atoms with Crippen molar-refractivity contribution in [2.75, 3.05) is 13.1 Å². The number of rotatable bonds is 7. The van der Waals surface area contributed by atoms with Crippen molar-refractivity contribution in [1.29, 1.82) is 0 Å². The molecule has 23 heavy (non-hydrogen) atoms. The number of hydrogen-bond acceptors (Lipinski definition) is 3. The summed E-state index contributed by atoms with van der Waals surface area (Å²) in [6.45, 7) is 4.28. The molecule has 1 heterocycles. The topological polar surface area (TPSA) is 67.2 Å². The fourth-order valence-corrected chi connectivity index (χ4v) is 3.74. The molecule has 0 spiro atoms. The number of nitrogens with zero attached hydrogens (tertiary/aromatic N) is 3. The Kier molecular flexibility index (Phi) is 5.51. The van der Waals surface area contributed by atoms with Crippen molar-refractivity contribution in [2.45, 2.75) is 19.9 Å². The van der Waals surface area contributed by atoms with Crippen molar-refractivity contribution < 1.29 is 12.8 Å². The fraction of sp³-hybridized carbons (Fsp3) is 0.400. The molecular weight excluding hydrogens is 319 g/mol. The molecule has 8 heteroatoms. The Bertz CT molecular complexity index is 739. The highest BCUT2D eigenvalue weighted by atomic mass is 32.2. The summed E-state index contributed by atoms with van der Waals surface area (Å²) < 4.78 is 44.0. The van der Waals surface area contributed by atoms with E-state index in [4.69, 9.17) is 0 Å². The third-order valence-electron chi connectivity index (χ3n) is 3.63.